The first-order valence-electron chi connectivity index (χ1n) is 7.68. The van der Waals surface area contributed by atoms with E-state index in [2.05, 4.69) is 0 Å². The van der Waals surface area contributed by atoms with E-state index in [9.17, 15) is 19.5 Å². The van der Waals surface area contributed by atoms with Gasteiger partial charge in [-0.05, 0) is 18.4 Å². The van der Waals surface area contributed by atoms with Crippen molar-refractivity contribution >= 4 is 17.8 Å². The van der Waals surface area contributed by atoms with Crippen molar-refractivity contribution in [1.29, 1.82) is 0 Å². The van der Waals surface area contributed by atoms with E-state index in [4.69, 9.17) is 0 Å². The highest BCUT2D eigenvalue weighted by Gasteiger charge is 2.45. The number of likely N-dealkylation sites (tertiary alicyclic amines) is 1. The molecule has 0 aliphatic carbocycles. The minimum absolute atomic E-state index is 0.0474. The van der Waals surface area contributed by atoms with Crippen LogP contribution < -0.4 is 0 Å². The van der Waals surface area contributed by atoms with Gasteiger partial charge in [0, 0.05) is 13.1 Å². The van der Waals surface area contributed by atoms with Crippen LogP contribution in [0.1, 0.15) is 18.4 Å². The molecule has 0 saturated carbocycles. The Kier molecular flexibility index (Phi) is 4.40. The van der Waals surface area contributed by atoms with E-state index in [-0.39, 0.29) is 13.2 Å². The molecule has 2 aliphatic rings. The van der Waals surface area contributed by atoms with Crippen LogP contribution in [0.15, 0.2) is 30.3 Å². The highest BCUT2D eigenvalue weighted by atomic mass is 16.3. The van der Waals surface area contributed by atoms with Crippen molar-refractivity contribution in [3.05, 3.63) is 35.9 Å². The van der Waals surface area contributed by atoms with Crippen LogP contribution in [-0.4, -0.2) is 63.5 Å². The number of aliphatic hydroxyl groups excluding tert-OH is 1. The van der Waals surface area contributed by atoms with Crippen LogP contribution in [0.2, 0.25) is 0 Å². The molecule has 0 aromatic heterocycles. The molecule has 2 heterocycles. The van der Waals surface area contributed by atoms with Gasteiger partial charge in [0.15, 0.2) is 0 Å². The lowest BCUT2D eigenvalue weighted by Crippen LogP contribution is -2.47. The van der Waals surface area contributed by atoms with Crippen LogP contribution in [0.5, 0.6) is 0 Å². The third-order valence-electron chi connectivity index (χ3n) is 4.14. The number of rotatable bonds is 4. The molecule has 7 heteroatoms. The number of piperidine rings is 1. The summed E-state index contributed by atoms with van der Waals surface area (Å²) in [6.07, 6.45) is 1.07. The Morgan fingerprint density at radius 2 is 1.74 bits per heavy atom. The molecule has 1 atom stereocenters. The number of nitrogens with zero attached hydrogens (tertiary/aromatic N) is 3. The summed E-state index contributed by atoms with van der Waals surface area (Å²) < 4.78 is 0. The van der Waals surface area contributed by atoms with Crippen molar-refractivity contribution in [3.8, 4) is 0 Å². The van der Waals surface area contributed by atoms with Gasteiger partial charge in [-0.2, -0.15) is 0 Å². The zero-order valence-electron chi connectivity index (χ0n) is 12.7. The van der Waals surface area contributed by atoms with E-state index >= 15 is 0 Å². The molecule has 122 valence electrons. The lowest BCUT2D eigenvalue weighted by atomic mass is 10.1. The number of hydrogen-bond donors (Lipinski definition) is 1. The quantitative estimate of drug-likeness (QED) is 0.642. The molecule has 2 aliphatic heterocycles. The van der Waals surface area contributed by atoms with Gasteiger partial charge in [-0.15, -0.1) is 0 Å². The summed E-state index contributed by atoms with van der Waals surface area (Å²) in [5.74, 6) is -1.59. The first-order valence-corrected chi connectivity index (χ1v) is 7.68. The molecule has 1 aromatic carbocycles. The third-order valence-corrected chi connectivity index (χ3v) is 4.14. The average molecular weight is 317 g/mol. The van der Waals surface area contributed by atoms with Crippen LogP contribution in [-0.2, 0) is 16.1 Å². The van der Waals surface area contributed by atoms with E-state index in [0.29, 0.717) is 13.1 Å². The van der Waals surface area contributed by atoms with Crippen molar-refractivity contribution in [2.75, 3.05) is 19.8 Å². The Morgan fingerprint density at radius 3 is 2.43 bits per heavy atom. The van der Waals surface area contributed by atoms with Gasteiger partial charge < -0.3 is 5.11 Å². The molecule has 1 N–H and O–H groups in total. The number of amides is 4. The second-order valence-corrected chi connectivity index (χ2v) is 5.91. The zero-order chi connectivity index (χ0) is 16.4. The number of carbonyl (C=O) groups is 3. The van der Waals surface area contributed by atoms with Gasteiger partial charge in [0.05, 0.1) is 19.3 Å². The normalized spacial score (nSPS) is 23.0. The largest absolute Gasteiger partial charge is 0.392 e. The Morgan fingerprint density at radius 1 is 1.04 bits per heavy atom. The van der Waals surface area contributed by atoms with Gasteiger partial charge >= 0.3 is 17.8 Å². The van der Waals surface area contributed by atoms with E-state index in [1.807, 2.05) is 23.1 Å². The molecule has 1 aromatic rings. The van der Waals surface area contributed by atoms with Gasteiger partial charge in [-0.3, -0.25) is 19.4 Å². The number of β-amino-alcohol motifs (C(OH)–C–C–N with tert-alkyl or cyclic N) is 1. The van der Waals surface area contributed by atoms with Gasteiger partial charge in [-0.1, -0.05) is 30.3 Å². The average Bonchev–Trinajstić information content (AvgIpc) is 2.74. The summed E-state index contributed by atoms with van der Waals surface area (Å²) >= 11 is 0. The molecule has 2 saturated heterocycles. The van der Waals surface area contributed by atoms with Crippen LogP contribution in [0.3, 0.4) is 0 Å². The summed E-state index contributed by atoms with van der Waals surface area (Å²) in [5, 5.41) is 9.68. The fourth-order valence-corrected chi connectivity index (χ4v) is 2.94. The van der Waals surface area contributed by atoms with Gasteiger partial charge in [0.25, 0.3) is 0 Å². The van der Waals surface area contributed by atoms with Crippen molar-refractivity contribution in [2.45, 2.75) is 25.5 Å². The molecular formula is C16H19N3O4. The standard InChI is InChI=1S/C16H19N3O4/c20-13-7-4-8-17(10-13)11-19-15(22)14(21)18(16(19)23)9-12-5-2-1-3-6-12/h1-3,5-6,13,20H,4,7-11H2/t13-/m0/s1. The van der Waals surface area contributed by atoms with Gasteiger partial charge in [0.2, 0.25) is 0 Å². The number of benzene rings is 1. The fourth-order valence-electron chi connectivity index (χ4n) is 2.94. The van der Waals surface area contributed by atoms with E-state index in [0.717, 1.165) is 28.2 Å². The Hall–Kier alpha value is -2.25. The summed E-state index contributed by atoms with van der Waals surface area (Å²) in [7, 11) is 0. The van der Waals surface area contributed by atoms with Crippen molar-refractivity contribution in [3.63, 3.8) is 0 Å². The fraction of sp³-hybridized carbons (Fsp3) is 0.438. The molecule has 23 heavy (non-hydrogen) atoms. The number of imide groups is 2. The van der Waals surface area contributed by atoms with Gasteiger partial charge in [-0.25, -0.2) is 9.69 Å². The first kappa shape index (κ1) is 15.6. The van der Waals surface area contributed by atoms with E-state index in [1.54, 1.807) is 12.1 Å². The molecule has 0 radical (unpaired) electrons. The topological polar surface area (TPSA) is 81.2 Å². The lowest BCUT2D eigenvalue weighted by Gasteiger charge is -2.31. The number of hydrogen-bond acceptors (Lipinski definition) is 5. The molecule has 2 fully saturated rings. The first-order chi connectivity index (χ1) is 11.1. The molecule has 3 rings (SSSR count). The maximum Gasteiger partial charge on any atom is 0.335 e. The van der Waals surface area contributed by atoms with Gasteiger partial charge in [0.1, 0.15) is 0 Å². The second kappa shape index (κ2) is 6.47. The monoisotopic (exact) mass is 317 g/mol. The number of aliphatic hydroxyl groups is 1. The molecule has 0 bridgehead atoms. The third kappa shape index (κ3) is 3.25. The highest BCUT2D eigenvalue weighted by molar-refractivity contribution is 6.44. The summed E-state index contributed by atoms with van der Waals surface area (Å²) in [6.45, 7) is 1.24. The number of carbonyl (C=O) groups excluding carboxylic acids is 3. The summed E-state index contributed by atoms with van der Waals surface area (Å²) in [4.78, 5) is 40.3. The predicted molar refractivity (Wildman–Crippen MR) is 80.9 cm³/mol. The number of urea groups is 1. The van der Waals surface area contributed by atoms with Crippen LogP contribution in [0, 0.1) is 0 Å². The van der Waals surface area contributed by atoms with Crippen LogP contribution >= 0.6 is 0 Å². The SMILES string of the molecule is O=C1C(=O)N(CN2CCC[C@H](O)C2)C(=O)N1Cc1ccccc1. The van der Waals surface area contributed by atoms with Crippen LogP contribution in [0.25, 0.3) is 0 Å². The van der Waals surface area contributed by atoms with Crippen LogP contribution in [0.4, 0.5) is 4.79 Å². The highest BCUT2D eigenvalue weighted by Crippen LogP contribution is 2.18. The molecule has 0 unspecified atom stereocenters. The van der Waals surface area contributed by atoms with E-state index < -0.39 is 23.9 Å². The minimum Gasteiger partial charge on any atom is -0.392 e. The molecule has 7 nitrogen and oxygen atoms in total. The Labute approximate surface area is 134 Å². The van der Waals surface area contributed by atoms with Crippen molar-refractivity contribution < 1.29 is 19.5 Å². The van der Waals surface area contributed by atoms with Crippen molar-refractivity contribution in [1.82, 2.24) is 14.7 Å². The second-order valence-electron chi connectivity index (χ2n) is 5.91. The molecular weight excluding hydrogens is 298 g/mol. The summed E-state index contributed by atoms with van der Waals surface area (Å²) in [6, 6.07) is 8.48. The Balaban J connectivity index is 1.69. The van der Waals surface area contributed by atoms with Crippen molar-refractivity contribution in [2.24, 2.45) is 0 Å². The lowest BCUT2D eigenvalue weighted by molar-refractivity contribution is -0.144. The smallest absolute Gasteiger partial charge is 0.335 e. The Bertz CT molecular complexity index is 619. The minimum atomic E-state index is -0.800. The molecule has 0 spiro atoms. The maximum absolute atomic E-state index is 12.4. The summed E-state index contributed by atoms with van der Waals surface area (Å²) in [5.41, 5.74) is 0.789. The molecule has 4 amide bonds. The maximum atomic E-state index is 12.4. The van der Waals surface area contributed by atoms with E-state index in [1.165, 1.54) is 0 Å². The predicted octanol–water partition coefficient (Wildman–Crippen LogP) is 0.392. The zero-order valence-corrected chi connectivity index (χ0v) is 12.7.